The number of rotatable bonds is 5. The third-order valence-electron chi connectivity index (χ3n) is 3.45. The molecule has 1 aromatic heterocycles. The zero-order valence-electron chi connectivity index (χ0n) is 13.9. The van der Waals surface area contributed by atoms with Crippen LogP contribution < -0.4 is 10.6 Å². The summed E-state index contributed by atoms with van der Waals surface area (Å²) < 4.78 is 10.4. The molecule has 3 rings (SSSR count). The minimum atomic E-state index is -0.711. The van der Waals surface area contributed by atoms with Crippen LogP contribution in [0, 0.1) is 0 Å². The van der Waals surface area contributed by atoms with Crippen LogP contribution in [0.25, 0.3) is 11.0 Å². The Balaban J connectivity index is 1.53. The quantitative estimate of drug-likeness (QED) is 0.687. The van der Waals surface area contributed by atoms with Crippen LogP contribution in [0.2, 0.25) is 0 Å². The molecule has 2 amide bonds. The summed E-state index contributed by atoms with van der Waals surface area (Å²) in [6.45, 7) is 0.968. The van der Waals surface area contributed by atoms with Gasteiger partial charge in [0.15, 0.2) is 6.61 Å². The Labute approximate surface area is 148 Å². The third-order valence-corrected chi connectivity index (χ3v) is 3.45. The molecule has 0 aliphatic heterocycles. The van der Waals surface area contributed by atoms with Crippen molar-refractivity contribution in [3.05, 3.63) is 60.4 Å². The van der Waals surface area contributed by atoms with Gasteiger partial charge in [0, 0.05) is 23.7 Å². The second-order valence-corrected chi connectivity index (χ2v) is 5.53. The van der Waals surface area contributed by atoms with Gasteiger partial charge < -0.3 is 19.8 Å². The van der Waals surface area contributed by atoms with Crippen molar-refractivity contribution < 1.29 is 23.5 Å². The number of para-hydroxylation sites is 1. The van der Waals surface area contributed by atoms with Gasteiger partial charge in [-0.15, -0.1) is 0 Å². The van der Waals surface area contributed by atoms with E-state index in [-0.39, 0.29) is 11.7 Å². The van der Waals surface area contributed by atoms with E-state index in [1.807, 2.05) is 12.1 Å². The Bertz CT molecular complexity index is 926. The van der Waals surface area contributed by atoms with Crippen molar-refractivity contribution in [3.63, 3.8) is 0 Å². The lowest BCUT2D eigenvalue weighted by Gasteiger charge is -2.07. The molecular formula is C19H16N2O5. The van der Waals surface area contributed by atoms with Gasteiger partial charge in [-0.05, 0) is 36.4 Å². The van der Waals surface area contributed by atoms with Crippen LogP contribution in [0.1, 0.15) is 17.5 Å². The van der Waals surface area contributed by atoms with Crippen molar-refractivity contribution in [1.82, 2.24) is 0 Å². The van der Waals surface area contributed by atoms with Crippen LogP contribution in [0.15, 0.2) is 59.0 Å². The van der Waals surface area contributed by atoms with E-state index in [0.29, 0.717) is 17.0 Å². The summed E-state index contributed by atoms with van der Waals surface area (Å²) in [7, 11) is 0. The summed E-state index contributed by atoms with van der Waals surface area (Å²) in [5.41, 5.74) is 1.71. The summed E-state index contributed by atoms with van der Waals surface area (Å²) >= 11 is 0. The van der Waals surface area contributed by atoms with Crippen LogP contribution in [0.3, 0.4) is 0 Å². The number of ether oxygens (including phenoxy) is 1. The van der Waals surface area contributed by atoms with E-state index >= 15 is 0 Å². The summed E-state index contributed by atoms with van der Waals surface area (Å²) in [5, 5.41) is 6.00. The molecule has 0 saturated heterocycles. The number of carbonyl (C=O) groups excluding carboxylic acids is 3. The predicted molar refractivity (Wildman–Crippen MR) is 95.9 cm³/mol. The normalized spacial score (nSPS) is 10.3. The molecule has 0 saturated carbocycles. The molecule has 0 fully saturated rings. The first-order chi connectivity index (χ1) is 12.5. The second kappa shape index (κ2) is 7.52. The fourth-order valence-electron chi connectivity index (χ4n) is 2.32. The Morgan fingerprint density at radius 2 is 1.62 bits per heavy atom. The predicted octanol–water partition coefficient (Wildman–Crippen LogP) is 3.19. The molecule has 0 bridgehead atoms. The molecule has 0 aliphatic carbocycles. The van der Waals surface area contributed by atoms with E-state index in [4.69, 9.17) is 9.15 Å². The number of anilines is 2. The molecule has 7 nitrogen and oxygen atoms in total. The number of esters is 1. The van der Waals surface area contributed by atoms with Crippen LogP contribution >= 0.6 is 0 Å². The van der Waals surface area contributed by atoms with Crippen molar-refractivity contribution in [2.45, 2.75) is 6.92 Å². The minimum absolute atomic E-state index is 0.0404. The maximum Gasteiger partial charge on any atom is 0.374 e. The molecular weight excluding hydrogens is 336 g/mol. The summed E-state index contributed by atoms with van der Waals surface area (Å²) in [6.07, 6.45) is 0. The molecule has 2 N–H and O–H groups in total. The number of amides is 2. The van der Waals surface area contributed by atoms with Gasteiger partial charge in [-0.25, -0.2) is 4.79 Å². The largest absolute Gasteiger partial charge is 0.450 e. The average Bonchev–Trinajstić information content (AvgIpc) is 3.05. The van der Waals surface area contributed by atoms with Gasteiger partial charge in [0.25, 0.3) is 5.91 Å². The lowest BCUT2D eigenvalue weighted by atomic mass is 10.2. The van der Waals surface area contributed by atoms with Gasteiger partial charge >= 0.3 is 5.97 Å². The van der Waals surface area contributed by atoms with Crippen LogP contribution in [0.5, 0.6) is 0 Å². The zero-order valence-corrected chi connectivity index (χ0v) is 13.9. The van der Waals surface area contributed by atoms with Crippen molar-refractivity contribution >= 4 is 40.1 Å². The van der Waals surface area contributed by atoms with Crippen molar-refractivity contribution in [2.24, 2.45) is 0 Å². The first kappa shape index (κ1) is 17.2. The molecule has 0 radical (unpaired) electrons. The Morgan fingerprint density at radius 1 is 0.962 bits per heavy atom. The van der Waals surface area contributed by atoms with E-state index in [9.17, 15) is 14.4 Å². The van der Waals surface area contributed by atoms with E-state index in [2.05, 4.69) is 10.6 Å². The molecule has 1 heterocycles. The molecule has 0 spiro atoms. The lowest BCUT2D eigenvalue weighted by molar-refractivity contribution is -0.119. The monoisotopic (exact) mass is 352 g/mol. The van der Waals surface area contributed by atoms with Gasteiger partial charge in [-0.2, -0.15) is 0 Å². The molecule has 132 valence electrons. The maximum atomic E-state index is 12.0. The lowest BCUT2D eigenvalue weighted by Crippen LogP contribution is -2.20. The van der Waals surface area contributed by atoms with E-state index in [1.165, 1.54) is 6.92 Å². The molecule has 0 atom stereocenters. The summed E-state index contributed by atoms with van der Waals surface area (Å²) in [4.78, 5) is 34.8. The second-order valence-electron chi connectivity index (χ2n) is 5.53. The first-order valence-corrected chi connectivity index (χ1v) is 7.84. The fourth-order valence-corrected chi connectivity index (χ4v) is 2.32. The van der Waals surface area contributed by atoms with Gasteiger partial charge in [0.05, 0.1) is 0 Å². The third kappa shape index (κ3) is 4.27. The van der Waals surface area contributed by atoms with Crippen molar-refractivity contribution in [2.75, 3.05) is 17.2 Å². The molecule has 2 aromatic carbocycles. The van der Waals surface area contributed by atoms with Gasteiger partial charge in [-0.3, -0.25) is 9.59 Å². The number of furan rings is 1. The highest BCUT2D eigenvalue weighted by Crippen LogP contribution is 2.19. The Kier molecular flexibility index (Phi) is 4.98. The molecule has 7 heteroatoms. The maximum absolute atomic E-state index is 12.0. The zero-order chi connectivity index (χ0) is 18.5. The Morgan fingerprint density at radius 3 is 2.27 bits per heavy atom. The Hall–Kier alpha value is -3.61. The topological polar surface area (TPSA) is 97.6 Å². The molecule has 0 aliphatic rings. The van der Waals surface area contributed by atoms with Crippen molar-refractivity contribution in [1.29, 1.82) is 0 Å². The highest BCUT2D eigenvalue weighted by molar-refractivity contribution is 5.96. The smallest absolute Gasteiger partial charge is 0.374 e. The summed E-state index contributed by atoms with van der Waals surface area (Å²) in [5.74, 6) is -1.34. The number of hydrogen-bond donors (Lipinski definition) is 2. The number of carbonyl (C=O) groups is 3. The number of benzene rings is 2. The SMILES string of the molecule is CC(=O)Nc1ccc(NC(=O)COC(=O)c2cc3ccccc3o2)cc1. The molecule has 0 unspecified atom stereocenters. The van der Waals surface area contributed by atoms with E-state index in [0.717, 1.165) is 5.39 Å². The average molecular weight is 352 g/mol. The highest BCUT2D eigenvalue weighted by Gasteiger charge is 2.15. The van der Waals surface area contributed by atoms with Crippen LogP contribution in [-0.4, -0.2) is 24.4 Å². The van der Waals surface area contributed by atoms with Gasteiger partial charge in [0.2, 0.25) is 11.7 Å². The minimum Gasteiger partial charge on any atom is -0.450 e. The van der Waals surface area contributed by atoms with Crippen LogP contribution in [0.4, 0.5) is 11.4 Å². The number of fused-ring (bicyclic) bond motifs is 1. The summed E-state index contributed by atoms with van der Waals surface area (Å²) in [6, 6.07) is 15.3. The van der Waals surface area contributed by atoms with E-state index in [1.54, 1.807) is 42.5 Å². The molecule has 3 aromatic rings. The number of nitrogens with one attached hydrogen (secondary N) is 2. The van der Waals surface area contributed by atoms with E-state index < -0.39 is 18.5 Å². The standard InChI is InChI=1S/C19H16N2O5/c1-12(22)20-14-6-8-15(9-7-14)21-18(23)11-25-19(24)17-10-13-4-2-3-5-16(13)26-17/h2-10H,11H2,1H3,(H,20,22)(H,21,23). The van der Waals surface area contributed by atoms with Gasteiger partial charge in [-0.1, -0.05) is 18.2 Å². The highest BCUT2D eigenvalue weighted by atomic mass is 16.5. The molecule has 26 heavy (non-hydrogen) atoms. The number of hydrogen-bond acceptors (Lipinski definition) is 5. The first-order valence-electron chi connectivity index (χ1n) is 7.84. The van der Waals surface area contributed by atoms with Crippen LogP contribution in [-0.2, 0) is 14.3 Å². The van der Waals surface area contributed by atoms with Gasteiger partial charge in [0.1, 0.15) is 5.58 Å². The fraction of sp³-hybridized carbons (Fsp3) is 0.105. The van der Waals surface area contributed by atoms with Crippen molar-refractivity contribution in [3.8, 4) is 0 Å².